The van der Waals surface area contributed by atoms with Crippen LogP contribution < -0.4 is 21.3 Å². The first-order valence-corrected chi connectivity index (χ1v) is 9.55. The molecule has 5 nitrogen and oxygen atoms in total. The zero-order chi connectivity index (χ0) is 18.2. The van der Waals surface area contributed by atoms with E-state index in [1.807, 2.05) is 38.1 Å². The summed E-state index contributed by atoms with van der Waals surface area (Å²) in [5.41, 5.74) is 1.90. The Bertz CT molecular complexity index is 573. The van der Waals surface area contributed by atoms with Crippen LogP contribution in [0.2, 0.25) is 0 Å². The van der Waals surface area contributed by atoms with E-state index >= 15 is 0 Å². The number of rotatable bonds is 5. The Morgan fingerprint density at radius 3 is 2.52 bits per heavy atom. The topological polar surface area (TPSA) is 65.2 Å². The van der Waals surface area contributed by atoms with Crippen molar-refractivity contribution in [1.82, 2.24) is 16.0 Å². The number of hydrogen-bond donors (Lipinski definition) is 4. The number of nitrogens with one attached hydrogen (secondary N) is 4. The van der Waals surface area contributed by atoms with Gasteiger partial charge in [0.2, 0.25) is 0 Å². The lowest BCUT2D eigenvalue weighted by atomic mass is 9.86. The van der Waals surface area contributed by atoms with Crippen molar-refractivity contribution in [2.24, 2.45) is 5.92 Å². The van der Waals surface area contributed by atoms with Crippen LogP contribution in [0, 0.1) is 5.92 Å². The summed E-state index contributed by atoms with van der Waals surface area (Å²) in [6, 6.07) is 8.19. The molecule has 2 unspecified atom stereocenters. The summed E-state index contributed by atoms with van der Waals surface area (Å²) in [6.07, 6.45) is 5.08. The molecule has 1 aromatic rings. The van der Waals surface area contributed by atoms with Crippen molar-refractivity contribution >= 4 is 29.0 Å². The van der Waals surface area contributed by atoms with Gasteiger partial charge in [-0.05, 0) is 62.5 Å². The highest BCUT2D eigenvalue weighted by Crippen LogP contribution is 2.23. The number of urea groups is 1. The maximum atomic E-state index is 11.7. The maximum Gasteiger partial charge on any atom is 0.319 e. The normalized spacial score (nSPS) is 20.0. The van der Waals surface area contributed by atoms with E-state index < -0.39 is 0 Å². The molecule has 25 heavy (non-hydrogen) atoms. The summed E-state index contributed by atoms with van der Waals surface area (Å²) in [6.45, 7) is 6.82. The molecule has 6 heteroatoms. The molecule has 2 rings (SSSR count). The first kappa shape index (κ1) is 19.5. The van der Waals surface area contributed by atoms with Crippen LogP contribution in [0.5, 0.6) is 0 Å². The molecule has 0 aliphatic heterocycles. The van der Waals surface area contributed by atoms with Gasteiger partial charge in [-0.3, -0.25) is 0 Å². The van der Waals surface area contributed by atoms with Gasteiger partial charge in [-0.15, -0.1) is 0 Å². The van der Waals surface area contributed by atoms with Gasteiger partial charge in [0.15, 0.2) is 5.11 Å². The van der Waals surface area contributed by atoms with Crippen molar-refractivity contribution < 1.29 is 4.79 Å². The number of carbonyl (C=O) groups excluding carboxylic acids is 1. The fourth-order valence-corrected chi connectivity index (χ4v) is 3.29. The van der Waals surface area contributed by atoms with Gasteiger partial charge in [0.1, 0.15) is 0 Å². The van der Waals surface area contributed by atoms with Crippen LogP contribution in [0.1, 0.15) is 52.0 Å². The Balaban J connectivity index is 1.75. The molecule has 1 aromatic carbocycles. The highest BCUT2D eigenvalue weighted by Gasteiger charge is 2.21. The predicted octanol–water partition coefficient (Wildman–Crippen LogP) is 3.76. The zero-order valence-corrected chi connectivity index (χ0v) is 16.2. The Hall–Kier alpha value is -1.82. The molecule has 1 fully saturated rings. The second-order valence-corrected chi connectivity index (χ2v) is 7.55. The van der Waals surface area contributed by atoms with Crippen LogP contribution in [-0.4, -0.2) is 23.2 Å². The number of thiocarbonyl (C=S) groups is 1. The second-order valence-electron chi connectivity index (χ2n) is 7.15. The van der Waals surface area contributed by atoms with Crippen molar-refractivity contribution in [1.29, 1.82) is 0 Å². The molecule has 1 aliphatic rings. The maximum absolute atomic E-state index is 11.7. The molecule has 0 saturated heterocycles. The lowest BCUT2D eigenvalue weighted by Crippen LogP contribution is -2.45. The van der Waals surface area contributed by atoms with E-state index in [0.29, 0.717) is 18.5 Å². The molecular formula is C19H30N4OS. The summed E-state index contributed by atoms with van der Waals surface area (Å²) in [7, 11) is 0. The molecule has 0 radical (unpaired) electrons. The van der Waals surface area contributed by atoms with E-state index in [1.54, 1.807) is 0 Å². The van der Waals surface area contributed by atoms with Gasteiger partial charge < -0.3 is 21.3 Å². The van der Waals surface area contributed by atoms with Gasteiger partial charge in [-0.25, -0.2) is 4.79 Å². The molecule has 4 N–H and O–H groups in total. The van der Waals surface area contributed by atoms with Crippen LogP contribution in [0.15, 0.2) is 24.3 Å². The van der Waals surface area contributed by atoms with Crippen LogP contribution >= 0.6 is 12.2 Å². The van der Waals surface area contributed by atoms with E-state index in [2.05, 4.69) is 28.2 Å². The van der Waals surface area contributed by atoms with Crippen molar-refractivity contribution in [3.05, 3.63) is 29.8 Å². The molecule has 0 aromatic heterocycles. The molecule has 138 valence electrons. The molecule has 1 aliphatic carbocycles. The third-order valence-corrected chi connectivity index (χ3v) is 4.77. The first-order valence-electron chi connectivity index (χ1n) is 9.15. The zero-order valence-electron chi connectivity index (χ0n) is 15.4. The lowest BCUT2D eigenvalue weighted by molar-refractivity contribution is 0.250. The molecule has 0 bridgehead atoms. The van der Waals surface area contributed by atoms with Gasteiger partial charge in [-0.1, -0.05) is 31.9 Å². The molecule has 2 amide bonds. The third kappa shape index (κ3) is 6.90. The Morgan fingerprint density at radius 1 is 1.20 bits per heavy atom. The van der Waals surface area contributed by atoms with Gasteiger partial charge in [0, 0.05) is 24.3 Å². The van der Waals surface area contributed by atoms with E-state index in [1.165, 1.54) is 25.7 Å². The van der Waals surface area contributed by atoms with Crippen LogP contribution in [0.25, 0.3) is 0 Å². The second kappa shape index (κ2) is 9.61. The lowest BCUT2D eigenvalue weighted by Gasteiger charge is -2.30. The molecule has 1 saturated carbocycles. The summed E-state index contributed by atoms with van der Waals surface area (Å²) in [5.74, 6) is 0.677. The summed E-state index contributed by atoms with van der Waals surface area (Å²) >= 11 is 5.42. The number of benzene rings is 1. The van der Waals surface area contributed by atoms with Crippen molar-refractivity contribution in [2.45, 2.75) is 65.1 Å². The minimum Gasteiger partial charge on any atom is -0.360 e. The fraction of sp³-hybridized carbons (Fsp3) is 0.579. The standard InChI is InChI=1S/C19H30N4OS/c1-13(2)21-18(24)22-16-10-8-15(9-11-16)12-20-19(25)23-17-7-5-4-6-14(17)3/h8-11,13-14,17H,4-7,12H2,1-3H3,(H2,20,23,25)(H2,21,22,24). The number of anilines is 1. The minimum absolute atomic E-state index is 0.115. The van der Waals surface area contributed by atoms with E-state index in [4.69, 9.17) is 12.2 Å². The molecule has 0 spiro atoms. The highest BCUT2D eigenvalue weighted by atomic mass is 32.1. The van der Waals surface area contributed by atoms with E-state index in [-0.39, 0.29) is 12.1 Å². The van der Waals surface area contributed by atoms with Crippen molar-refractivity contribution in [3.8, 4) is 0 Å². The van der Waals surface area contributed by atoms with Crippen LogP contribution in [-0.2, 0) is 6.54 Å². The van der Waals surface area contributed by atoms with E-state index in [9.17, 15) is 4.79 Å². The summed E-state index contributed by atoms with van der Waals surface area (Å²) < 4.78 is 0. The smallest absolute Gasteiger partial charge is 0.319 e. The Morgan fingerprint density at radius 2 is 1.88 bits per heavy atom. The Labute approximate surface area is 156 Å². The van der Waals surface area contributed by atoms with Gasteiger partial charge in [0.05, 0.1) is 0 Å². The summed E-state index contributed by atoms with van der Waals surface area (Å²) in [5, 5.41) is 13.1. The Kier molecular flexibility index (Phi) is 7.50. The van der Waals surface area contributed by atoms with Crippen LogP contribution in [0.4, 0.5) is 10.5 Å². The summed E-state index contributed by atoms with van der Waals surface area (Å²) in [4.78, 5) is 11.7. The number of carbonyl (C=O) groups is 1. The fourth-order valence-electron chi connectivity index (χ4n) is 3.07. The minimum atomic E-state index is -0.187. The predicted molar refractivity (Wildman–Crippen MR) is 108 cm³/mol. The first-order chi connectivity index (χ1) is 11.9. The van der Waals surface area contributed by atoms with E-state index in [0.717, 1.165) is 16.4 Å². The largest absolute Gasteiger partial charge is 0.360 e. The highest BCUT2D eigenvalue weighted by molar-refractivity contribution is 7.80. The van der Waals surface area contributed by atoms with Gasteiger partial charge in [0.25, 0.3) is 0 Å². The molecular weight excluding hydrogens is 332 g/mol. The third-order valence-electron chi connectivity index (χ3n) is 4.51. The molecule has 0 heterocycles. The average Bonchev–Trinajstić information content (AvgIpc) is 2.55. The van der Waals surface area contributed by atoms with Crippen molar-refractivity contribution in [2.75, 3.05) is 5.32 Å². The monoisotopic (exact) mass is 362 g/mol. The number of hydrogen-bond acceptors (Lipinski definition) is 2. The number of amides is 2. The van der Waals surface area contributed by atoms with Crippen molar-refractivity contribution in [3.63, 3.8) is 0 Å². The molecule has 2 atom stereocenters. The SMILES string of the molecule is CC(C)NC(=O)Nc1ccc(CNC(=S)NC2CCCCC2C)cc1. The quantitative estimate of drug-likeness (QED) is 0.602. The van der Waals surface area contributed by atoms with Crippen LogP contribution in [0.3, 0.4) is 0 Å². The van der Waals surface area contributed by atoms with Gasteiger partial charge >= 0.3 is 6.03 Å². The average molecular weight is 363 g/mol. The van der Waals surface area contributed by atoms with Gasteiger partial charge in [-0.2, -0.15) is 0 Å².